The molecule has 0 radical (unpaired) electrons. The van der Waals surface area contributed by atoms with Gasteiger partial charge in [0, 0.05) is 5.41 Å². The van der Waals surface area contributed by atoms with Gasteiger partial charge in [-0.3, -0.25) is 0 Å². The number of fused-ring (bicyclic) bond motifs is 14. The lowest BCUT2D eigenvalue weighted by Crippen LogP contribution is -2.15. The molecular weight excluding hydrogens is 781 g/mol. The van der Waals surface area contributed by atoms with Crippen molar-refractivity contribution in [3.8, 4) is 77.9 Å². The molecule has 12 aromatic rings. The fourth-order valence-electron chi connectivity index (χ4n) is 12.2. The Morgan fingerprint density at radius 3 is 1.49 bits per heavy atom. The second kappa shape index (κ2) is 13.5. The molecule has 0 N–H and O–H groups in total. The minimum absolute atomic E-state index is 0.149. The molecule has 12 aromatic carbocycles. The Hall–Kier alpha value is -8.06. The smallest absolute Gasteiger partial charge is 0.0165 e. The van der Waals surface area contributed by atoms with E-state index in [2.05, 4.69) is 232 Å². The van der Waals surface area contributed by atoms with Crippen LogP contribution in [-0.4, -0.2) is 0 Å². The van der Waals surface area contributed by atoms with Crippen LogP contribution in [0, 0.1) is 0 Å². The van der Waals surface area contributed by atoms with Gasteiger partial charge < -0.3 is 0 Å². The third-order valence-corrected chi connectivity index (χ3v) is 14.9. The van der Waals surface area contributed by atoms with E-state index >= 15 is 0 Å². The highest BCUT2D eigenvalue weighted by molar-refractivity contribution is 6.29. The molecule has 0 saturated carbocycles. The van der Waals surface area contributed by atoms with Crippen LogP contribution in [-0.2, 0) is 5.41 Å². The van der Waals surface area contributed by atoms with Crippen LogP contribution in [0.15, 0.2) is 218 Å². The third-order valence-electron chi connectivity index (χ3n) is 14.9. The highest BCUT2D eigenvalue weighted by Gasteiger charge is 2.39. The average molecular weight is 823 g/mol. The van der Waals surface area contributed by atoms with E-state index in [9.17, 15) is 0 Å². The highest BCUT2D eigenvalue weighted by Crippen LogP contribution is 2.59. The van der Waals surface area contributed by atoms with Crippen molar-refractivity contribution in [3.63, 3.8) is 0 Å². The van der Waals surface area contributed by atoms with E-state index < -0.39 is 0 Å². The first kappa shape index (κ1) is 36.4. The first-order valence-corrected chi connectivity index (χ1v) is 22.9. The van der Waals surface area contributed by atoms with Gasteiger partial charge in [-0.25, -0.2) is 0 Å². The van der Waals surface area contributed by atoms with Crippen molar-refractivity contribution in [2.45, 2.75) is 19.3 Å². The van der Waals surface area contributed by atoms with Crippen LogP contribution in [0.4, 0.5) is 0 Å². The molecule has 2 aliphatic carbocycles. The van der Waals surface area contributed by atoms with Gasteiger partial charge in [-0.05, 0) is 155 Å². The molecule has 0 fully saturated rings. The highest BCUT2D eigenvalue weighted by atomic mass is 14.4. The maximum atomic E-state index is 2.46. The van der Waals surface area contributed by atoms with E-state index in [1.165, 1.54) is 143 Å². The molecule has 0 aliphatic heterocycles. The molecular formula is C65H42. The van der Waals surface area contributed by atoms with Gasteiger partial charge in [-0.2, -0.15) is 0 Å². The van der Waals surface area contributed by atoms with Gasteiger partial charge >= 0.3 is 0 Å². The van der Waals surface area contributed by atoms with Crippen LogP contribution in [0.25, 0.3) is 132 Å². The fourth-order valence-corrected chi connectivity index (χ4v) is 12.2. The van der Waals surface area contributed by atoms with E-state index in [0.717, 1.165) is 0 Å². The summed E-state index contributed by atoms with van der Waals surface area (Å²) in [5.41, 5.74) is 20.8. The summed E-state index contributed by atoms with van der Waals surface area (Å²) in [5.74, 6) is 0. The lowest BCUT2D eigenvalue weighted by molar-refractivity contribution is 0.667. The zero-order chi connectivity index (χ0) is 43.0. The minimum atomic E-state index is -0.149. The Bertz CT molecular complexity index is 3910. The number of benzene rings is 12. The minimum Gasteiger partial charge on any atom is -0.0622 e. The Labute approximate surface area is 378 Å². The fraction of sp³-hybridized carbons (Fsp3) is 0.0462. The van der Waals surface area contributed by atoms with Crippen molar-refractivity contribution in [2.75, 3.05) is 0 Å². The van der Waals surface area contributed by atoms with Gasteiger partial charge in [-0.15, -0.1) is 0 Å². The molecule has 0 amide bonds. The first-order chi connectivity index (χ1) is 32.0. The van der Waals surface area contributed by atoms with Crippen molar-refractivity contribution in [2.24, 2.45) is 0 Å². The SMILES string of the molecule is CC1(C)c2ccc3ccccc3c2-c2c1c1ccc(-c3cccc(-c4ccc5c6c(cccc46)-c4c-5c(-c5ccccc5)c5ccccc5c4-c4ccccc4)c3)cc1c1ccccc21. The molecule has 0 bridgehead atoms. The third kappa shape index (κ3) is 5.03. The molecule has 0 saturated heterocycles. The lowest BCUT2D eigenvalue weighted by atomic mass is 9.79. The van der Waals surface area contributed by atoms with Crippen LogP contribution < -0.4 is 0 Å². The van der Waals surface area contributed by atoms with Gasteiger partial charge in [0.1, 0.15) is 0 Å². The summed E-state index contributed by atoms with van der Waals surface area (Å²) >= 11 is 0. The van der Waals surface area contributed by atoms with Gasteiger partial charge in [0.25, 0.3) is 0 Å². The molecule has 0 spiro atoms. The normalized spacial score (nSPS) is 13.2. The van der Waals surface area contributed by atoms with Crippen LogP contribution in [0.1, 0.15) is 25.0 Å². The zero-order valence-electron chi connectivity index (χ0n) is 36.3. The van der Waals surface area contributed by atoms with E-state index in [1.807, 2.05) is 0 Å². The summed E-state index contributed by atoms with van der Waals surface area (Å²) in [6, 6.07) is 81.9. The largest absolute Gasteiger partial charge is 0.0622 e. The van der Waals surface area contributed by atoms with Crippen LogP contribution >= 0.6 is 0 Å². The molecule has 0 unspecified atom stereocenters. The molecule has 0 nitrogen and oxygen atoms in total. The monoisotopic (exact) mass is 822 g/mol. The number of rotatable bonds is 4. The van der Waals surface area contributed by atoms with Crippen molar-refractivity contribution in [1.29, 1.82) is 0 Å². The standard InChI is InChI=1S/C65H42/c1-65(2)56-36-32-39-17-9-10-24-46(39)60(56)63-49-26-12-11-25-47(49)55-38-43(31-33-52(55)64(63)65)42-22-15-23-44(37-42)45-34-35-54-59-48(45)29-16-30-53(59)61-57(40-18-5-3-6-19-40)50-27-13-14-28-51(50)58(62(54)61)41-20-7-4-8-21-41/h3-38H,1-2H3. The summed E-state index contributed by atoms with van der Waals surface area (Å²) in [4.78, 5) is 0. The Morgan fingerprint density at radius 2 is 0.785 bits per heavy atom. The lowest BCUT2D eigenvalue weighted by Gasteiger charge is -2.24. The van der Waals surface area contributed by atoms with Gasteiger partial charge in [0.2, 0.25) is 0 Å². The van der Waals surface area contributed by atoms with Crippen molar-refractivity contribution >= 4 is 53.9 Å². The Kier molecular flexibility index (Phi) is 7.55. The van der Waals surface area contributed by atoms with E-state index in [0.29, 0.717) is 0 Å². The molecule has 0 heteroatoms. The maximum absolute atomic E-state index is 2.46. The predicted molar refractivity (Wildman–Crippen MR) is 278 cm³/mol. The Morgan fingerprint density at radius 1 is 0.262 bits per heavy atom. The summed E-state index contributed by atoms with van der Waals surface area (Å²) in [6.07, 6.45) is 0. The zero-order valence-corrected chi connectivity index (χ0v) is 36.3. The van der Waals surface area contributed by atoms with Crippen molar-refractivity contribution in [3.05, 3.63) is 230 Å². The van der Waals surface area contributed by atoms with Crippen LogP contribution in [0.3, 0.4) is 0 Å². The average Bonchev–Trinajstić information content (AvgIpc) is 3.82. The van der Waals surface area contributed by atoms with E-state index in [-0.39, 0.29) is 5.41 Å². The van der Waals surface area contributed by atoms with Crippen molar-refractivity contribution in [1.82, 2.24) is 0 Å². The molecule has 2 aliphatic rings. The van der Waals surface area contributed by atoms with Crippen LogP contribution in [0.2, 0.25) is 0 Å². The maximum Gasteiger partial charge on any atom is 0.0165 e. The van der Waals surface area contributed by atoms with Crippen LogP contribution in [0.5, 0.6) is 0 Å². The summed E-state index contributed by atoms with van der Waals surface area (Å²) in [7, 11) is 0. The molecule has 0 atom stereocenters. The van der Waals surface area contributed by atoms with Gasteiger partial charge in [-0.1, -0.05) is 220 Å². The van der Waals surface area contributed by atoms with Gasteiger partial charge in [0.05, 0.1) is 0 Å². The second-order valence-corrected chi connectivity index (χ2v) is 18.6. The number of hydrogen-bond acceptors (Lipinski definition) is 0. The summed E-state index contributed by atoms with van der Waals surface area (Å²) in [6.45, 7) is 4.84. The molecule has 14 rings (SSSR count). The first-order valence-electron chi connectivity index (χ1n) is 22.9. The van der Waals surface area contributed by atoms with Gasteiger partial charge in [0.15, 0.2) is 0 Å². The molecule has 0 heterocycles. The molecule has 302 valence electrons. The predicted octanol–water partition coefficient (Wildman–Crippen LogP) is 18.1. The van der Waals surface area contributed by atoms with E-state index in [1.54, 1.807) is 0 Å². The number of hydrogen-bond donors (Lipinski definition) is 0. The Balaban J connectivity index is 0.964. The summed E-state index contributed by atoms with van der Waals surface area (Å²) in [5, 5.41) is 13.1. The van der Waals surface area contributed by atoms with E-state index in [4.69, 9.17) is 0 Å². The molecule has 0 aromatic heterocycles. The topological polar surface area (TPSA) is 0 Å². The van der Waals surface area contributed by atoms with Crippen molar-refractivity contribution < 1.29 is 0 Å². The second-order valence-electron chi connectivity index (χ2n) is 18.6. The quantitative estimate of drug-likeness (QED) is 0.155. The molecule has 65 heavy (non-hydrogen) atoms. The summed E-state index contributed by atoms with van der Waals surface area (Å²) < 4.78 is 0.